The van der Waals surface area contributed by atoms with E-state index in [2.05, 4.69) is 0 Å². The first-order valence-corrected chi connectivity index (χ1v) is 12.8. The molecule has 1 amide bonds. The Balaban J connectivity index is 1.72. The van der Waals surface area contributed by atoms with E-state index in [-0.39, 0.29) is 12.3 Å². The molecule has 0 radical (unpaired) electrons. The number of rotatable bonds is 9. The summed E-state index contributed by atoms with van der Waals surface area (Å²) in [7, 11) is 6.32. The summed E-state index contributed by atoms with van der Waals surface area (Å²) in [6.07, 6.45) is 0.700. The molecule has 0 N–H and O–H groups in total. The maximum atomic E-state index is 13.3. The van der Waals surface area contributed by atoms with Gasteiger partial charge in [-0.15, -0.1) is 0 Å². The number of methoxy groups -OCH3 is 3. The van der Waals surface area contributed by atoms with Crippen LogP contribution >= 0.6 is 11.8 Å². The molecule has 0 fully saturated rings. The maximum Gasteiger partial charge on any atom is 0.338 e. The molecule has 0 bridgehead atoms. The van der Waals surface area contributed by atoms with Crippen LogP contribution in [0.15, 0.2) is 75.9 Å². The SMILES string of the molecule is CCC1=C(C(=O)OC)[C@H](c2ccc(OC)cc2OC)N2C(CC(=O)N(C)Cc3ccccc3)=CSC2=N1. The molecule has 0 spiro atoms. The summed E-state index contributed by atoms with van der Waals surface area (Å²) < 4.78 is 16.3. The summed E-state index contributed by atoms with van der Waals surface area (Å²) in [5.74, 6) is 0.689. The summed E-state index contributed by atoms with van der Waals surface area (Å²) >= 11 is 1.44. The molecular formula is C28H31N3O5S. The molecule has 37 heavy (non-hydrogen) atoms. The quantitative estimate of drug-likeness (QED) is 0.435. The smallest absolute Gasteiger partial charge is 0.338 e. The van der Waals surface area contributed by atoms with Gasteiger partial charge in [0.2, 0.25) is 5.91 Å². The largest absolute Gasteiger partial charge is 0.497 e. The van der Waals surface area contributed by atoms with E-state index >= 15 is 0 Å². The Morgan fingerprint density at radius 2 is 1.84 bits per heavy atom. The highest BCUT2D eigenvalue weighted by Gasteiger charge is 2.42. The van der Waals surface area contributed by atoms with Gasteiger partial charge in [-0.25, -0.2) is 9.79 Å². The minimum atomic E-state index is -0.579. The van der Waals surface area contributed by atoms with Crippen LogP contribution in [0, 0.1) is 0 Å². The van der Waals surface area contributed by atoms with Gasteiger partial charge in [0.1, 0.15) is 11.5 Å². The van der Waals surface area contributed by atoms with Gasteiger partial charge in [-0.05, 0) is 29.5 Å². The second-order valence-electron chi connectivity index (χ2n) is 8.62. The third kappa shape index (κ3) is 5.36. The van der Waals surface area contributed by atoms with Gasteiger partial charge in [0.05, 0.1) is 45.1 Å². The first-order valence-electron chi connectivity index (χ1n) is 12.0. The molecule has 0 aromatic heterocycles. The van der Waals surface area contributed by atoms with Crippen molar-refractivity contribution < 1.29 is 23.8 Å². The van der Waals surface area contributed by atoms with E-state index in [9.17, 15) is 9.59 Å². The molecule has 1 atom stereocenters. The van der Waals surface area contributed by atoms with Crippen LogP contribution in [0.1, 0.15) is 36.9 Å². The molecule has 2 aliphatic heterocycles. The Morgan fingerprint density at radius 3 is 2.49 bits per heavy atom. The number of thioether (sulfide) groups is 1. The summed E-state index contributed by atoms with van der Waals surface area (Å²) in [4.78, 5) is 34.9. The van der Waals surface area contributed by atoms with Crippen LogP contribution in [0.4, 0.5) is 0 Å². The van der Waals surface area contributed by atoms with E-state index in [0.717, 1.165) is 16.8 Å². The fraction of sp³-hybridized carbons (Fsp3) is 0.321. The number of fused-ring (bicyclic) bond motifs is 1. The van der Waals surface area contributed by atoms with Crippen molar-refractivity contribution in [2.75, 3.05) is 28.4 Å². The van der Waals surface area contributed by atoms with Gasteiger partial charge in [-0.1, -0.05) is 49.0 Å². The molecule has 0 unspecified atom stereocenters. The topological polar surface area (TPSA) is 80.7 Å². The van der Waals surface area contributed by atoms with Crippen molar-refractivity contribution in [3.05, 3.63) is 82.0 Å². The zero-order valence-electron chi connectivity index (χ0n) is 21.7. The Hall–Kier alpha value is -3.72. The third-order valence-electron chi connectivity index (χ3n) is 6.39. The van der Waals surface area contributed by atoms with E-state index in [4.69, 9.17) is 19.2 Å². The van der Waals surface area contributed by atoms with Crippen molar-refractivity contribution in [2.45, 2.75) is 32.4 Å². The minimum Gasteiger partial charge on any atom is -0.497 e. The lowest BCUT2D eigenvalue weighted by molar-refractivity contribution is -0.136. The molecule has 2 aliphatic rings. The van der Waals surface area contributed by atoms with Crippen molar-refractivity contribution in [1.82, 2.24) is 9.80 Å². The molecular weight excluding hydrogens is 490 g/mol. The average molecular weight is 522 g/mol. The van der Waals surface area contributed by atoms with Gasteiger partial charge in [0, 0.05) is 30.9 Å². The fourth-order valence-corrected chi connectivity index (χ4v) is 5.42. The predicted molar refractivity (Wildman–Crippen MR) is 144 cm³/mol. The predicted octanol–water partition coefficient (Wildman–Crippen LogP) is 4.89. The molecule has 8 nitrogen and oxygen atoms in total. The van der Waals surface area contributed by atoms with Crippen molar-refractivity contribution >= 4 is 28.8 Å². The van der Waals surface area contributed by atoms with Gasteiger partial charge in [0.15, 0.2) is 5.17 Å². The molecule has 2 aromatic carbocycles. The Bertz CT molecular complexity index is 1270. The van der Waals surface area contributed by atoms with Crippen LogP contribution in [-0.2, 0) is 20.9 Å². The number of allylic oxidation sites excluding steroid dienone is 1. The fourth-order valence-electron chi connectivity index (χ4n) is 4.49. The van der Waals surface area contributed by atoms with E-state index in [1.807, 2.05) is 59.7 Å². The number of ether oxygens (including phenoxy) is 3. The second kappa shape index (κ2) is 11.6. The van der Waals surface area contributed by atoms with Crippen LogP contribution in [0.5, 0.6) is 11.5 Å². The van der Waals surface area contributed by atoms with Crippen molar-refractivity contribution in [1.29, 1.82) is 0 Å². The lowest BCUT2D eigenvalue weighted by Crippen LogP contribution is -2.38. The molecule has 2 heterocycles. The number of aliphatic imine (C=N–C) groups is 1. The normalized spacial score (nSPS) is 16.6. The summed E-state index contributed by atoms with van der Waals surface area (Å²) in [6.45, 7) is 2.46. The van der Waals surface area contributed by atoms with Gasteiger partial charge < -0.3 is 24.0 Å². The van der Waals surface area contributed by atoms with Gasteiger partial charge in [-0.2, -0.15) is 0 Å². The van der Waals surface area contributed by atoms with Gasteiger partial charge in [0.25, 0.3) is 0 Å². The van der Waals surface area contributed by atoms with Crippen LogP contribution < -0.4 is 9.47 Å². The summed E-state index contributed by atoms with van der Waals surface area (Å²) in [5, 5.41) is 2.64. The van der Waals surface area contributed by atoms with Crippen molar-refractivity contribution in [3.63, 3.8) is 0 Å². The highest BCUT2D eigenvalue weighted by molar-refractivity contribution is 8.16. The average Bonchev–Trinajstić information content (AvgIpc) is 3.33. The number of nitrogens with zero attached hydrogens (tertiary/aromatic N) is 3. The summed E-state index contributed by atoms with van der Waals surface area (Å²) in [5.41, 5.74) is 3.64. The number of amidine groups is 1. The zero-order chi connectivity index (χ0) is 26.5. The lowest BCUT2D eigenvalue weighted by atomic mass is 9.92. The maximum absolute atomic E-state index is 13.3. The van der Waals surface area contributed by atoms with E-state index in [0.29, 0.717) is 40.9 Å². The number of carbonyl (C=O) groups excluding carboxylic acids is 2. The standard InChI is InChI=1S/C28H31N3O5S/c1-6-22-25(27(33)36-5)26(21-13-12-20(34-3)15-23(21)35-4)31-19(17-37-28(31)29-22)14-24(32)30(2)16-18-10-8-7-9-11-18/h7-13,15,17,26H,6,14,16H2,1-5H3/t26-/m0/s1. The first-order chi connectivity index (χ1) is 17.9. The summed E-state index contributed by atoms with van der Waals surface area (Å²) in [6, 6.07) is 14.8. The van der Waals surface area contributed by atoms with Gasteiger partial charge in [-0.3, -0.25) is 4.79 Å². The second-order valence-corrected chi connectivity index (χ2v) is 9.46. The molecule has 0 saturated carbocycles. The number of carbonyl (C=O) groups is 2. The Kier molecular flexibility index (Phi) is 8.23. The molecule has 0 aliphatic carbocycles. The van der Waals surface area contributed by atoms with Crippen molar-refractivity contribution in [2.24, 2.45) is 4.99 Å². The number of hydrogen-bond donors (Lipinski definition) is 0. The third-order valence-corrected chi connectivity index (χ3v) is 7.27. The molecule has 194 valence electrons. The van der Waals surface area contributed by atoms with Gasteiger partial charge >= 0.3 is 5.97 Å². The lowest BCUT2D eigenvalue weighted by Gasteiger charge is -2.37. The molecule has 0 saturated heterocycles. The monoisotopic (exact) mass is 521 g/mol. The molecule has 2 aromatic rings. The number of benzene rings is 2. The van der Waals surface area contributed by atoms with Crippen LogP contribution in [0.25, 0.3) is 0 Å². The minimum absolute atomic E-state index is 0.0396. The number of amides is 1. The van der Waals surface area contributed by atoms with E-state index < -0.39 is 12.0 Å². The van der Waals surface area contributed by atoms with Crippen molar-refractivity contribution in [3.8, 4) is 11.5 Å². The first kappa shape index (κ1) is 26.3. The highest BCUT2D eigenvalue weighted by Crippen LogP contribution is 2.48. The highest BCUT2D eigenvalue weighted by atomic mass is 32.2. The number of hydrogen-bond acceptors (Lipinski definition) is 8. The van der Waals surface area contributed by atoms with E-state index in [1.54, 1.807) is 32.2 Å². The van der Waals surface area contributed by atoms with Crippen LogP contribution in [0.3, 0.4) is 0 Å². The Morgan fingerprint density at radius 1 is 1.08 bits per heavy atom. The molecule has 9 heteroatoms. The Labute approximate surface area is 221 Å². The number of esters is 1. The van der Waals surface area contributed by atoms with Crippen LogP contribution in [-0.4, -0.2) is 55.2 Å². The van der Waals surface area contributed by atoms with Crippen LogP contribution in [0.2, 0.25) is 0 Å². The van der Waals surface area contributed by atoms with E-state index in [1.165, 1.54) is 18.9 Å². The zero-order valence-corrected chi connectivity index (χ0v) is 22.5. The molecule has 4 rings (SSSR count).